The summed E-state index contributed by atoms with van der Waals surface area (Å²) < 4.78 is 9.84. The summed E-state index contributed by atoms with van der Waals surface area (Å²) in [5.41, 5.74) is 6.63. The Labute approximate surface area is 277 Å². The fourth-order valence-corrected chi connectivity index (χ4v) is 5.53. The molecule has 0 saturated carbocycles. The SMILES string of the molecule is Cn1cc(C#CCn2cnc3c(c(-c4cc(Cl)c(O)c(C(N)=O)c4)cn3CC(=O)Nc3cc(N4CCOCC4)ncc3Cl)c2=O)cn1. The van der Waals surface area contributed by atoms with Gasteiger partial charge in [-0.2, -0.15) is 5.10 Å². The van der Waals surface area contributed by atoms with E-state index < -0.39 is 23.1 Å². The second-order valence-electron chi connectivity index (χ2n) is 10.6. The van der Waals surface area contributed by atoms with E-state index in [0.29, 0.717) is 54.5 Å². The molecule has 6 rings (SSSR count). The molecule has 14 nitrogen and oxygen atoms in total. The van der Waals surface area contributed by atoms with Gasteiger partial charge in [0, 0.05) is 44.2 Å². The zero-order chi connectivity index (χ0) is 33.2. The number of phenols is 1. The number of primary amides is 1. The van der Waals surface area contributed by atoms with Gasteiger partial charge in [-0.3, -0.25) is 23.6 Å². The molecule has 2 amide bonds. The van der Waals surface area contributed by atoms with Crippen molar-refractivity contribution < 1.29 is 19.4 Å². The van der Waals surface area contributed by atoms with Crippen LogP contribution in [0.5, 0.6) is 5.75 Å². The van der Waals surface area contributed by atoms with E-state index in [-0.39, 0.29) is 39.7 Å². The largest absolute Gasteiger partial charge is 0.506 e. The number of nitrogens with two attached hydrogens (primary N) is 1. The van der Waals surface area contributed by atoms with E-state index in [9.17, 15) is 19.5 Å². The number of nitrogens with zero attached hydrogens (tertiary/aromatic N) is 7. The van der Waals surface area contributed by atoms with Gasteiger partial charge in [-0.15, -0.1) is 0 Å². The molecule has 1 aliphatic rings. The smallest absolute Gasteiger partial charge is 0.264 e. The predicted octanol–water partition coefficient (Wildman–Crippen LogP) is 2.63. The number of carbonyl (C=O) groups is 2. The standard InChI is InChI=1S/C31H27Cl2N9O5/c1-39-14-18(12-37-39)3-2-4-41-17-36-30-27(31(41)46)21(19-9-20(29(34)45)28(44)22(32)10-19)15-42(30)16-26(43)38-24-11-25(35-13-23(24)33)40-5-7-47-8-6-40/h9-15,17,44H,4-8,16H2,1H3,(H2,34,45)(H,35,38,43). The van der Waals surface area contributed by atoms with Gasteiger partial charge in [0.2, 0.25) is 5.91 Å². The zero-order valence-corrected chi connectivity index (χ0v) is 26.4. The fraction of sp³-hybridized carbons (Fsp3) is 0.226. The van der Waals surface area contributed by atoms with Crippen molar-refractivity contribution in [2.45, 2.75) is 13.1 Å². The molecule has 47 heavy (non-hydrogen) atoms. The molecule has 0 radical (unpaired) electrons. The van der Waals surface area contributed by atoms with E-state index in [4.69, 9.17) is 33.7 Å². The van der Waals surface area contributed by atoms with E-state index >= 15 is 0 Å². The van der Waals surface area contributed by atoms with Crippen molar-refractivity contribution in [2.75, 3.05) is 36.5 Å². The molecule has 0 unspecified atom stereocenters. The van der Waals surface area contributed by atoms with Crippen LogP contribution in [0.25, 0.3) is 22.2 Å². The number of halogens is 2. The highest BCUT2D eigenvalue weighted by Crippen LogP contribution is 2.36. The molecule has 5 aromatic rings. The fourth-order valence-electron chi connectivity index (χ4n) is 5.16. The van der Waals surface area contributed by atoms with Gasteiger partial charge in [0.15, 0.2) is 0 Å². The summed E-state index contributed by atoms with van der Waals surface area (Å²) in [6, 6.07) is 4.41. The number of aryl methyl sites for hydroxylation is 1. The van der Waals surface area contributed by atoms with E-state index in [1.165, 1.54) is 33.8 Å². The minimum atomic E-state index is -0.916. The first-order chi connectivity index (χ1) is 22.6. The van der Waals surface area contributed by atoms with E-state index in [1.54, 1.807) is 36.4 Å². The average molecular weight is 677 g/mol. The molecule has 0 bridgehead atoms. The molecule has 240 valence electrons. The summed E-state index contributed by atoms with van der Waals surface area (Å²) >= 11 is 12.6. The van der Waals surface area contributed by atoms with E-state index in [0.717, 1.165) is 0 Å². The van der Waals surface area contributed by atoms with Crippen LogP contribution in [0, 0.1) is 11.8 Å². The van der Waals surface area contributed by atoms with Gasteiger partial charge in [0.25, 0.3) is 11.5 Å². The number of benzene rings is 1. The lowest BCUT2D eigenvalue weighted by atomic mass is 10.0. The number of aromatic nitrogens is 6. The third kappa shape index (κ3) is 6.63. The summed E-state index contributed by atoms with van der Waals surface area (Å²) in [6.45, 7) is 2.18. The van der Waals surface area contributed by atoms with Crippen LogP contribution in [0.1, 0.15) is 15.9 Å². The van der Waals surface area contributed by atoms with Crippen LogP contribution in [-0.4, -0.2) is 72.1 Å². The highest BCUT2D eigenvalue weighted by Gasteiger charge is 2.22. The van der Waals surface area contributed by atoms with Crippen molar-refractivity contribution in [1.82, 2.24) is 28.9 Å². The number of hydrogen-bond acceptors (Lipinski definition) is 9. The number of pyridine rings is 1. The quantitative estimate of drug-likeness (QED) is 0.219. The van der Waals surface area contributed by atoms with Crippen molar-refractivity contribution in [1.29, 1.82) is 0 Å². The number of ether oxygens (including phenoxy) is 1. The summed E-state index contributed by atoms with van der Waals surface area (Å²) in [7, 11) is 1.77. The molecule has 0 aliphatic carbocycles. The van der Waals surface area contributed by atoms with E-state index in [1.807, 2.05) is 4.90 Å². The summed E-state index contributed by atoms with van der Waals surface area (Å²) in [6.07, 6.45) is 7.71. The monoisotopic (exact) mass is 675 g/mol. The van der Waals surface area contributed by atoms with Crippen LogP contribution < -0.4 is 21.5 Å². The Balaban J connectivity index is 1.37. The lowest BCUT2D eigenvalue weighted by molar-refractivity contribution is -0.116. The van der Waals surface area contributed by atoms with Crippen LogP contribution >= 0.6 is 23.2 Å². The minimum absolute atomic E-state index is 0.0106. The Kier molecular flexibility index (Phi) is 8.86. The zero-order valence-electron chi connectivity index (χ0n) is 24.9. The third-order valence-corrected chi connectivity index (χ3v) is 8.02. The molecular formula is C31H27Cl2N9O5. The van der Waals surface area contributed by atoms with Crippen LogP contribution in [0.3, 0.4) is 0 Å². The molecule has 4 aromatic heterocycles. The second-order valence-corrected chi connectivity index (χ2v) is 11.5. The van der Waals surface area contributed by atoms with Gasteiger partial charge in [-0.25, -0.2) is 9.97 Å². The number of rotatable bonds is 7. The average Bonchev–Trinajstić information content (AvgIpc) is 3.64. The first-order valence-corrected chi connectivity index (χ1v) is 15.0. The van der Waals surface area contributed by atoms with Gasteiger partial charge in [0.1, 0.15) is 30.1 Å². The van der Waals surface area contributed by atoms with Gasteiger partial charge < -0.3 is 30.4 Å². The maximum atomic E-state index is 13.9. The molecule has 1 fully saturated rings. The highest BCUT2D eigenvalue weighted by molar-refractivity contribution is 6.34. The number of fused-ring (bicyclic) bond motifs is 1. The molecule has 0 spiro atoms. The van der Waals surface area contributed by atoms with Gasteiger partial charge in [-0.05, 0) is 17.7 Å². The van der Waals surface area contributed by atoms with Crippen LogP contribution in [0.4, 0.5) is 11.5 Å². The molecule has 1 aliphatic heterocycles. The number of nitrogens with one attached hydrogen (secondary N) is 1. The lowest BCUT2D eigenvalue weighted by Gasteiger charge is -2.28. The summed E-state index contributed by atoms with van der Waals surface area (Å²) in [5, 5.41) is 17.5. The third-order valence-electron chi connectivity index (χ3n) is 7.43. The molecule has 0 atom stereocenters. The number of hydrogen-bond donors (Lipinski definition) is 3. The number of morpholine rings is 1. The summed E-state index contributed by atoms with van der Waals surface area (Å²) in [5.74, 6) is 4.68. The number of amides is 2. The molecule has 16 heteroatoms. The Morgan fingerprint density at radius 3 is 2.60 bits per heavy atom. The first kappa shape index (κ1) is 31.6. The molecule has 5 heterocycles. The lowest BCUT2D eigenvalue weighted by Crippen LogP contribution is -2.36. The molecule has 4 N–H and O–H groups in total. The maximum Gasteiger partial charge on any atom is 0.264 e. The highest BCUT2D eigenvalue weighted by atomic mass is 35.5. The number of anilines is 2. The first-order valence-electron chi connectivity index (χ1n) is 14.3. The Morgan fingerprint density at radius 2 is 1.87 bits per heavy atom. The van der Waals surface area contributed by atoms with Crippen LogP contribution in [0.15, 0.2) is 54.1 Å². The van der Waals surface area contributed by atoms with Crippen molar-refractivity contribution in [3.05, 3.63) is 80.8 Å². The molecule has 1 saturated heterocycles. The van der Waals surface area contributed by atoms with Gasteiger partial charge in [0.05, 0.1) is 64.4 Å². The topological polar surface area (TPSA) is 175 Å². The number of carbonyl (C=O) groups excluding carboxylic acids is 2. The van der Waals surface area contributed by atoms with Gasteiger partial charge >= 0.3 is 0 Å². The van der Waals surface area contributed by atoms with Crippen molar-refractivity contribution >= 4 is 57.6 Å². The van der Waals surface area contributed by atoms with Gasteiger partial charge in [-0.1, -0.05) is 35.0 Å². The Bertz CT molecular complexity index is 2160. The summed E-state index contributed by atoms with van der Waals surface area (Å²) in [4.78, 5) is 50.3. The minimum Gasteiger partial charge on any atom is -0.506 e. The maximum absolute atomic E-state index is 13.9. The van der Waals surface area contributed by atoms with E-state index in [2.05, 4.69) is 32.2 Å². The van der Waals surface area contributed by atoms with Crippen molar-refractivity contribution in [3.8, 4) is 28.7 Å². The second kappa shape index (κ2) is 13.2. The van der Waals surface area contributed by atoms with Crippen LogP contribution in [-0.2, 0) is 29.7 Å². The molecule has 1 aromatic carbocycles. The van der Waals surface area contributed by atoms with Crippen molar-refractivity contribution in [2.24, 2.45) is 12.8 Å². The Morgan fingerprint density at radius 1 is 1.09 bits per heavy atom. The normalized spacial score (nSPS) is 13.0. The Hall–Kier alpha value is -5.36. The predicted molar refractivity (Wildman–Crippen MR) is 176 cm³/mol. The van der Waals surface area contributed by atoms with Crippen LogP contribution in [0.2, 0.25) is 10.0 Å². The molecular weight excluding hydrogens is 649 g/mol. The number of aromatic hydroxyl groups is 1. The van der Waals surface area contributed by atoms with Crippen molar-refractivity contribution in [3.63, 3.8) is 0 Å².